The highest BCUT2D eigenvalue weighted by molar-refractivity contribution is 6.05. The molecule has 29 heavy (non-hydrogen) atoms. The van der Waals surface area contributed by atoms with Crippen LogP contribution < -0.4 is 5.56 Å². The van der Waals surface area contributed by atoms with Crippen LogP contribution in [0, 0.1) is 13.8 Å². The van der Waals surface area contributed by atoms with Gasteiger partial charge in [0.05, 0.1) is 11.3 Å². The topological polar surface area (TPSA) is 80.9 Å². The Kier molecular flexibility index (Phi) is 3.74. The molecule has 0 unspecified atom stereocenters. The molecule has 1 N–H and O–H groups in total. The van der Waals surface area contributed by atoms with Crippen molar-refractivity contribution in [3.63, 3.8) is 0 Å². The Bertz CT molecular complexity index is 1470. The number of hydrogen-bond acceptors (Lipinski definition) is 4. The largest absolute Gasteiger partial charge is 0.455 e. The number of rotatable bonds is 2. The minimum Gasteiger partial charge on any atom is -0.455 e. The highest BCUT2D eigenvalue weighted by Crippen LogP contribution is 2.33. The van der Waals surface area contributed by atoms with Gasteiger partial charge in [0.25, 0.3) is 11.5 Å². The molecule has 0 fully saturated rings. The summed E-state index contributed by atoms with van der Waals surface area (Å²) < 4.78 is 7.14. The van der Waals surface area contributed by atoms with E-state index in [0.717, 1.165) is 26.4 Å². The number of nitrogens with one attached hydrogen (secondary N) is 1. The number of carbonyl (C=O) groups is 1. The molecular formula is C23H17N3O3. The van der Waals surface area contributed by atoms with E-state index in [1.807, 2.05) is 36.4 Å². The first kappa shape index (κ1) is 17.2. The normalized spacial score (nSPS) is 11.4. The second-order valence-corrected chi connectivity index (χ2v) is 7.09. The van der Waals surface area contributed by atoms with Crippen LogP contribution in [0.1, 0.15) is 21.7 Å². The third-order valence-corrected chi connectivity index (χ3v) is 5.06. The van der Waals surface area contributed by atoms with Crippen molar-refractivity contribution >= 4 is 27.6 Å². The Balaban J connectivity index is 1.65. The summed E-state index contributed by atoms with van der Waals surface area (Å²) in [5.74, 6) is 0.171. The Hall–Kier alpha value is -3.93. The van der Waals surface area contributed by atoms with Gasteiger partial charge >= 0.3 is 0 Å². The molecule has 0 aliphatic carbocycles. The van der Waals surface area contributed by atoms with Crippen molar-refractivity contribution in [2.75, 3.05) is 0 Å². The molecule has 5 rings (SSSR count). The SMILES string of the molecule is Cc1cc(=O)n(C(=O)c2cc(-c3cc4ccc5ccccc5c4o3)cnc2C)[nH]1. The van der Waals surface area contributed by atoms with Crippen LogP contribution in [0.3, 0.4) is 0 Å². The molecule has 142 valence electrons. The van der Waals surface area contributed by atoms with Gasteiger partial charge in [-0.05, 0) is 31.4 Å². The summed E-state index contributed by atoms with van der Waals surface area (Å²) in [6.45, 7) is 3.47. The molecule has 6 nitrogen and oxygen atoms in total. The smallest absolute Gasteiger partial charge is 0.281 e. The van der Waals surface area contributed by atoms with Gasteiger partial charge in [-0.1, -0.05) is 36.4 Å². The lowest BCUT2D eigenvalue weighted by Crippen LogP contribution is -2.25. The van der Waals surface area contributed by atoms with Crippen LogP contribution in [0.2, 0.25) is 0 Å². The van der Waals surface area contributed by atoms with E-state index in [0.29, 0.717) is 28.3 Å². The van der Waals surface area contributed by atoms with Crippen molar-refractivity contribution in [1.82, 2.24) is 14.8 Å². The van der Waals surface area contributed by atoms with Gasteiger partial charge in [0.15, 0.2) is 0 Å². The number of benzene rings is 2. The zero-order valence-corrected chi connectivity index (χ0v) is 15.9. The molecule has 0 saturated carbocycles. The number of carbonyl (C=O) groups excluding carboxylic acids is 1. The van der Waals surface area contributed by atoms with Gasteiger partial charge in [-0.2, -0.15) is 4.68 Å². The number of pyridine rings is 1. The van der Waals surface area contributed by atoms with Crippen LogP contribution in [0.4, 0.5) is 0 Å². The van der Waals surface area contributed by atoms with E-state index < -0.39 is 11.5 Å². The Morgan fingerprint density at radius 1 is 1.03 bits per heavy atom. The second-order valence-electron chi connectivity index (χ2n) is 7.09. The molecule has 3 aromatic heterocycles. The third kappa shape index (κ3) is 2.77. The lowest BCUT2D eigenvalue weighted by molar-refractivity contribution is 0.0940. The van der Waals surface area contributed by atoms with Gasteiger partial charge in [-0.3, -0.25) is 19.7 Å². The van der Waals surface area contributed by atoms with Crippen LogP contribution >= 0.6 is 0 Å². The van der Waals surface area contributed by atoms with Gasteiger partial charge in [-0.25, -0.2) is 0 Å². The molecule has 0 atom stereocenters. The third-order valence-electron chi connectivity index (χ3n) is 5.06. The lowest BCUT2D eigenvalue weighted by atomic mass is 10.1. The fourth-order valence-electron chi connectivity index (χ4n) is 3.58. The van der Waals surface area contributed by atoms with E-state index in [9.17, 15) is 9.59 Å². The highest BCUT2D eigenvalue weighted by atomic mass is 16.3. The maximum Gasteiger partial charge on any atom is 0.281 e. The van der Waals surface area contributed by atoms with Crippen molar-refractivity contribution in [3.05, 3.63) is 88.1 Å². The second kappa shape index (κ2) is 6.31. The van der Waals surface area contributed by atoms with E-state index >= 15 is 0 Å². The number of H-pyrrole nitrogens is 1. The van der Waals surface area contributed by atoms with Gasteiger partial charge in [-0.15, -0.1) is 0 Å². The first-order valence-electron chi connectivity index (χ1n) is 9.23. The van der Waals surface area contributed by atoms with Crippen molar-refractivity contribution in [3.8, 4) is 11.3 Å². The summed E-state index contributed by atoms with van der Waals surface area (Å²) in [5.41, 5.74) is 2.58. The van der Waals surface area contributed by atoms with Gasteiger partial charge < -0.3 is 4.42 Å². The molecule has 3 heterocycles. The number of aromatic nitrogens is 3. The fraction of sp³-hybridized carbons (Fsp3) is 0.0870. The number of furan rings is 1. The summed E-state index contributed by atoms with van der Waals surface area (Å²) in [7, 11) is 0. The van der Waals surface area contributed by atoms with E-state index in [4.69, 9.17) is 4.42 Å². The Labute approximate surface area is 165 Å². The molecule has 0 aliphatic heterocycles. The zero-order valence-electron chi connectivity index (χ0n) is 15.9. The summed E-state index contributed by atoms with van der Waals surface area (Å²) in [5, 5.41) is 5.88. The van der Waals surface area contributed by atoms with Gasteiger partial charge in [0, 0.05) is 34.3 Å². The van der Waals surface area contributed by atoms with E-state index in [1.54, 1.807) is 26.1 Å². The standard InChI is InChI=1S/C23H17N3O3/c1-13-9-21(27)26(25-13)23(28)19-10-17(12-24-14(19)2)20-11-16-8-7-15-5-3-4-6-18(15)22(16)29-20/h3-12,25H,1-2H3. The predicted octanol–water partition coefficient (Wildman–Crippen LogP) is 4.44. The van der Waals surface area contributed by atoms with Crippen LogP contribution in [-0.4, -0.2) is 20.7 Å². The zero-order chi connectivity index (χ0) is 20.1. The molecule has 2 aromatic carbocycles. The quantitative estimate of drug-likeness (QED) is 0.489. The number of fused-ring (bicyclic) bond motifs is 3. The minimum absolute atomic E-state index is 0.344. The summed E-state index contributed by atoms with van der Waals surface area (Å²) in [6.07, 6.45) is 1.68. The monoisotopic (exact) mass is 383 g/mol. The molecular weight excluding hydrogens is 366 g/mol. The van der Waals surface area contributed by atoms with Crippen LogP contribution in [-0.2, 0) is 0 Å². The number of hydrogen-bond donors (Lipinski definition) is 1. The average Bonchev–Trinajstić information content (AvgIpc) is 3.30. The summed E-state index contributed by atoms with van der Waals surface area (Å²) in [6, 6.07) is 17.1. The molecule has 5 aromatic rings. The Morgan fingerprint density at radius 2 is 1.83 bits per heavy atom. The fourth-order valence-corrected chi connectivity index (χ4v) is 3.58. The van der Waals surface area contributed by atoms with E-state index in [1.165, 1.54) is 6.07 Å². The van der Waals surface area contributed by atoms with E-state index in [-0.39, 0.29) is 0 Å². The first-order valence-corrected chi connectivity index (χ1v) is 9.23. The van der Waals surface area contributed by atoms with Gasteiger partial charge in [0.2, 0.25) is 0 Å². The highest BCUT2D eigenvalue weighted by Gasteiger charge is 2.18. The van der Waals surface area contributed by atoms with Crippen molar-refractivity contribution in [1.29, 1.82) is 0 Å². The lowest BCUT2D eigenvalue weighted by Gasteiger charge is -2.06. The molecule has 6 heteroatoms. The van der Waals surface area contributed by atoms with Crippen molar-refractivity contribution in [2.24, 2.45) is 0 Å². The minimum atomic E-state index is -0.448. The molecule has 0 radical (unpaired) electrons. The Morgan fingerprint density at radius 3 is 2.62 bits per heavy atom. The molecule has 0 aliphatic rings. The van der Waals surface area contributed by atoms with E-state index in [2.05, 4.69) is 16.1 Å². The van der Waals surface area contributed by atoms with Crippen LogP contribution in [0.5, 0.6) is 0 Å². The molecule has 0 bridgehead atoms. The predicted molar refractivity (Wildman–Crippen MR) is 111 cm³/mol. The average molecular weight is 383 g/mol. The first-order chi connectivity index (χ1) is 14.0. The van der Waals surface area contributed by atoms with Gasteiger partial charge in [0.1, 0.15) is 11.3 Å². The number of aromatic amines is 1. The maximum absolute atomic E-state index is 12.9. The van der Waals surface area contributed by atoms with Crippen molar-refractivity contribution in [2.45, 2.75) is 13.8 Å². The molecule has 0 saturated heterocycles. The van der Waals surface area contributed by atoms with Crippen molar-refractivity contribution < 1.29 is 9.21 Å². The number of aryl methyl sites for hydroxylation is 2. The van der Waals surface area contributed by atoms with Crippen LogP contribution in [0.15, 0.2) is 70.0 Å². The van der Waals surface area contributed by atoms with Crippen LogP contribution in [0.25, 0.3) is 33.1 Å². The maximum atomic E-state index is 12.9. The molecule has 0 amide bonds. The summed E-state index contributed by atoms with van der Waals surface area (Å²) >= 11 is 0. The number of nitrogens with zero attached hydrogens (tertiary/aromatic N) is 2. The summed E-state index contributed by atoms with van der Waals surface area (Å²) in [4.78, 5) is 29.3. The molecule has 0 spiro atoms.